The van der Waals surface area contributed by atoms with Gasteiger partial charge in [0.1, 0.15) is 5.69 Å². The zero-order valence-corrected chi connectivity index (χ0v) is 14.1. The van der Waals surface area contributed by atoms with E-state index in [1.807, 2.05) is 9.80 Å². The number of halogens is 1. The number of amides is 1. The van der Waals surface area contributed by atoms with Crippen LogP contribution in [-0.2, 0) is 4.79 Å². The molecule has 1 amide bonds. The van der Waals surface area contributed by atoms with Gasteiger partial charge in [-0.05, 0) is 12.5 Å². The molecule has 0 atom stereocenters. The summed E-state index contributed by atoms with van der Waals surface area (Å²) in [7, 11) is 0. The van der Waals surface area contributed by atoms with Crippen molar-refractivity contribution in [2.75, 3.05) is 31.1 Å². The summed E-state index contributed by atoms with van der Waals surface area (Å²) < 4.78 is 0. The Bertz CT molecular complexity index is 572. The van der Waals surface area contributed by atoms with E-state index in [0.29, 0.717) is 43.3 Å². The highest BCUT2D eigenvalue weighted by Gasteiger charge is 2.27. The fourth-order valence-corrected chi connectivity index (χ4v) is 3.12. The molecule has 0 bridgehead atoms. The molecule has 1 aromatic carbocycles. The maximum atomic E-state index is 12.1. The van der Waals surface area contributed by atoms with Crippen LogP contribution in [0.15, 0.2) is 18.2 Å². The fourth-order valence-electron chi connectivity index (χ4n) is 2.83. The minimum absolute atomic E-state index is 0.0141. The Morgan fingerprint density at radius 3 is 2.57 bits per heavy atom. The SMILES string of the molecule is CCCCCC(=O)N1CCN(c2c(Cl)cccc2[N+](=O)[O-])CC1. The normalized spacial score (nSPS) is 14.9. The van der Waals surface area contributed by atoms with Gasteiger partial charge in [-0.3, -0.25) is 14.9 Å². The van der Waals surface area contributed by atoms with Crippen LogP contribution in [0, 0.1) is 10.1 Å². The first kappa shape index (κ1) is 17.5. The topological polar surface area (TPSA) is 66.7 Å². The number of para-hydroxylation sites is 1. The molecule has 0 N–H and O–H groups in total. The monoisotopic (exact) mass is 339 g/mol. The predicted octanol–water partition coefficient (Wildman–Crippen LogP) is 3.48. The van der Waals surface area contributed by atoms with E-state index < -0.39 is 4.92 Å². The Labute approximate surface area is 141 Å². The van der Waals surface area contributed by atoms with E-state index in [2.05, 4.69) is 6.92 Å². The molecule has 0 radical (unpaired) electrons. The summed E-state index contributed by atoms with van der Waals surface area (Å²) in [5.41, 5.74) is 0.470. The second-order valence-corrected chi connectivity index (χ2v) is 6.10. The van der Waals surface area contributed by atoms with Gasteiger partial charge < -0.3 is 9.80 Å². The van der Waals surface area contributed by atoms with Gasteiger partial charge >= 0.3 is 0 Å². The van der Waals surface area contributed by atoms with Crippen molar-refractivity contribution in [2.45, 2.75) is 32.6 Å². The number of nitrogens with zero attached hydrogens (tertiary/aromatic N) is 3. The molecule has 1 aliphatic rings. The van der Waals surface area contributed by atoms with Gasteiger partial charge in [-0.2, -0.15) is 0 Å². The highest BCUT2D eigenvalue weighted by atomic mass is 35.5. The van der Waals surface area contributed by atoms with E-state index in [0.717, 1.165) is 19.3 Å². The Morgan fingerprint density at radius 1 is 1.26 bits per heavy atom. The number of nitro benzene ring substituents is 1. The first-order valence-electron chi connectivity index (χ1n) is 8.00. The van der Waals surface area contributed by atoms with E-state index in [4.69, 9.17) is 11.6 Å². The van der Waals surface area contributed by atoms with E-state index >= 15 is 0 Å². The van der Waals surface area contributed by atoms with Gasteiger partial charge in [-0.15, -0.1) is 0 Å². The minimum atomic E-state index is -0.413. The van der Waals surface area contributed by atoms with Crippen LogP contribution < -0.4 is 4.90 Å². The molecule has 0 saturated carbocycles. The van der Waals surface area contributed by atoms with E-state index in [-0.39, 0.29) is 11.6 Å². The number of anilines is 1. The van der Waals surface area contributed by atoms with Crippen LogP contribution in [0.5, 0.6) is 0 Å². The molecule has 1 fully saturated rings. The Balaban J connectivity index is 2.00. The number of piperazine rings is 1. The van der Waals surface area contributed by atoms with Gasteiger partial charge in [0.2, 0.25) is 5.91 Å². The van der Waals surface area contributed by atoms with Crippen LogP contribution in [0.1, 0.15) is 32.6 Å². The largest absolute Gasteiger partial charge is 0.361 e. The van der Waals surface area contributed by atoms with Crippen molar-refractivity contribution in [3.05, 3.63) is 33.3 Å². The maximum Gasteiger partial charge on any atom is 0.294 e. The number of unbranched alkanes of at least 4 members (excludes halogenated alkanes) is 2. The number of rotatable bonds is 6. The molecule has 0 spiro atoms. The molecule has 0 unspecified atom stereocenters. The second-order valence-electron chi connectivity index (χ2n) is 5.69. The van der Waals surface area contributed by atoms with Crippen molar-refractivity contribution in [3.8, 4) is 0 Å². The number of carbonyl (C=O) groups excluding carboxylic acids is 1. The number of hydrogen-bond donors (Lipinski definition) is 0. The average molecular weight is 340 g/mol. The minimum Gasteiger partial charge on any atom is -0.361 e. The van der Waals surface area contributed by atoms with Crippen molar-refractivity contribution in [2.24, 2.45) is 0 Å². The zero-order valence-electron chi connectivity index (χ0n) is 13.3. The summed E-state index contributed by atoms with van der Waals surface area (Å²) in [5, 5.41) is 11.6. The summed E-state index contributed by atoms with van der Waals surface area (Å²) >= 11 is 6.16. The molecule has 0 aliphatic carbocycles. The van der Waals surface area contributed by atoms with Gasteiger partial charge in [0.05, 0.1) is 9.95 Å². The lowest BCUT2D eigenvalue weighted by atomic mass is 10.1. The lowest BCUT2D eigenvalue weighted by Crippen LogP contribution is -2.49. The molecular formula is C16H22ClN3O3. The fraction of sp³-hybridized carbons (Fsp3) is 0.562. The number of hydrogen-bond acceptors (Lipinski definition) is 4. The maximum absolute atomic E-state index is 12.1. The van der Waals surface area contributed by atoms with E-state index in [1.54, 1.807) is 12.1 Å². The smallest absolute Gasteiger partial charge is 0.294 e. The highest BCUT2D eigenvalue weighted by molar-refractivity contribution is 6.33. The van der Waals surface area contributed by atoms with Gasteiger partial charge in [0, 0.05) is 38.7 Å². The molecule has 1 heterocycles. The first-order chi connectivity index (χ1) is 11.0. The number of nitro groups is 1. The summed E-state index contributed by atoms with van der Waals surface area (Å²) in [6.45, 7) is 4.38. The second kappa shape index (κ2) is 8.15. The zero-order chi connectivity index (χ0) is 16.8. The predicted molar refractivity (Wildman–Crippen MR) is 91.0 cm³/mol. The molecule has 23 heavy (non-hydrogen) atoms. The lowest BCUT2D eigenvalue weighted by molar-refractivity contribution is -0.384. The molecule has 1 saturated heterocycles. The molecule has 2 rings (SSSR count). The van der Waals surface area contributed by atoms with Crippen molar-refractivity contribution in [1.29, 1.82) is 0 Å². The number of carbonyl (C=O) groups is 1. The van der Waals surface area contributed by atoms with E-state index in [9.17, 15) is 14.9 Å². The Kier molecular flexibility index (Phi) is 6.21. The van der Waals surface area contributed by atoms with Crippen molar-refractivity contribution < 1.29 is 9.72 Å². The van der Waals surface area contributed by atoms with Crippen molar-refractivity contribution in [3.63, 3.8) is 0 Å². The third kappa shape index (κ3) is 4.34. The third-order valence-electron chi connectivity index (χ3n) is 4.10. The Morgan fingerprint density at radius 2 is 1.96 bits per heavy atom. The van der Waals surface area contributed by atoms with Gasteiger partial charge in [-0.25, -0.2) is 0 Å². The van der Waals surface area contributed by atoms with Crippen LogP contribution in [0.3, 0.4) is 0 Å². The quantitative estimate of drug-likeness (QED) is 0.452. The van der Waals surface area contributed by atoms with Gasteiger partial charge in [-0.1, -0.05) is 37.4 Å². The summed E-state index contributed by atoms with van der Waals surface area (Å²) in [6.07, 6.45) is 3.67. The molecule has 7 heteroatoms. The van der Waals surface area contributed by atoms with Crippen LogP contribution in [0.4, 0.5) is 11.4 Å². The summed E-state index contributed by atoms with van der Waals surface area (Å²) in [4.78, 5) is 26.7. The molecule has 0 aromatic heterocycles. The van der Waals surface area contributed by atoms with Crippen LogP contribution >= 0.6 is 11.6 Å². The molecular weight excluding hydrogens is 318 g/mol. The summed E-state index contributed by atoms with van der Waals surface area (Å²) in [6, 6.07) is 4.70. The van der Waals surface area contributed by atoms with Crippen LogP contribution in [-0.4, -0.2) is 41.9 Å². The average Bonchev–Trinajstić information content (AvgIpc) is 2.55. The summed E-state index contributed by atoms with van der Waals surface area (Å²) in [5.74, 6) is 0.173. The molecule has 6 nitrogen and oxygen atoms in total. The lowest BCUT2D eigenvalue weighted by Gasteiger charge is -2.36. The molecule has 1 aromatic rings. The van der Waals surface area contributed by atoms with Crippen molar-refractivity contribution in [1.82, 2.24) is 4.90 Å². The number of benzene rings is 1. The molecule has 1 aliphatic heterocycles. The van der Waals surface area contributed by atoms with Crippen LogP contribution in [0.25, 0.3) is 0 Å². The van der Waals surface area contributed by atoms with E-state index in [1.165, 1.54) is 6.07 Å². The highest BCUT2D eigenvalue weighted by Crippen LogP contribution is 2.35. The van der Waals surface area contributed by atoms with Gasteiger partial charge in [0.15, 0.2) is 0 Å². The standard InChI is InChI=1S/C16H22ClN3O3/c1-2-3-4-8-15(21)18-9-11-19(12-10-18)16-13(17)6-5-7-14(16)20(22)23/h5-7H,2-4,8-12H2,1H3. The van der Waals surface area contributed by atoms with Crippen LogP contribution in [0.2, 0.25) is 5.02 Å². The van der Waals surface area contributed by atoms with Crippen molar-refractivity contribution >= 4 is 28.9 Å². The van der Waals surface area contributed by atoms with Gasteiger partial charge in [0.25, 0.3) is 5.69 Å². The first-order valence-corrected chi connectivity index (χ1v) is 8.38. The third-order valence-corrected chi connectivity index (χ3v) is 4.41. The molecule has 126 valence electrons. The Hall–Kier alpha value is -1.82.